The lowest BCUT2D eigenvalue weighted by Crippen LogP contribution is -2.08. The van der Waals surface area contributed by atoms with Crippen molar-refractivity contribution < 1.29 is 17.9 Å². The van der Waals surface area contributed by atoms with Crippen LogP contribution in [0.3, 0.4) is 0 Å². The van der Waals surface area contributed by atoms with Gasteiger partial charge in [0.2, 0.25) is 0 Å². The standard InChI is InChI=1S/C13H13F3N2O/c1-19-11-4-2-10(3-5-11)6-8-18-9-7-12(17-18)13(14,15)16/h2-5,7,9H,6,8H2,1H3. The molecule has 2 rings (SSSR count). The highest BCUT2D eigenvalue weighted by Crippen LogP contribution is 2.27. The molecule has 0 saturated carbocycles. The highest BCUT2D eigenvalue weighted by molar-refractivity contribution is 5.27. The molecule has 1 aromatic carbocycles. The number of aromatic nitrogens is 2. The van der Waals surface area contributed by atoms with Crippen molar-refractivity contribution in [2.45, 2.75) is 19.1 Å². The monoisotopic (exact) mass is 270 g/mol. The maximum atomic E-state index is 12.4. The van der Waals surface area contributed by atoms with E-state index in [0.29, 0.717) is 13.0 Å². The third-order valence-electron chi connectivity index (χ3n) is 2.72. The third-order valence-corrected chi connectivity index (χ3v) is 2.72. The fraction of sp³-hybridized carbons (Fsp3) is 0.308. The van der Waals surface area contributed by atoms with Gasteiger partial charge < -0.3 is 4.74 Å². The van der Waals surface area contributed by atoms with Crippen LogP contribution in [0.15, 0.2) is 36.5 Å². The molecule has 0 saturated heterocycles. The molecule has 102 valence electrons. The smallest absolute Gasteiger partial charge is 0.435 e. The lowest BCUT2D eigenvalue weighted by atomic mass is 10.1. The maximum Gasteiger partial charge on any atom is 0.435 e. The molecule has 0 N–H and O–H groups in total. The van der Waals surface area contributed by atoms with Crippen LogP contribution < -0.4 is 4.74 Å². The number of ether oxygens (including phenoxy) is 1. The van der Waals surface area contributed by atoms with Crippen LogP contribution in [0.25, 0.3) is 0 Å². The number of nitrogens with zero attached hydrogens (tertiary/aromatic N) is 2. The van der Waals surface area contributed by atoms with Gasteiger partial charge in [-0.05, 0) is 30.2 Å². The van der Waals surface area contributed by atoms with Crippen molar-refractivity contribution in [2.75, 3.05) is 7.11 Å². The first kappa shape index (κ1) is 13.5. The van der Waals surface area contributed by atoms with Crippen molar-refractivity contribution in [3.63, 3.8) is 0 Å². The predicted octanol–water partition coefficient (Wildman–Crippen LogP) is 3.15. The summed E-state index contributed by atoms with van der Waals surface area (Å²) in [5.41, 5.74) is 0.159. The zero-order chi connectivity index (χ0) is 13.9. The van der Waals surface area contributed by atoms with Gasteiger partial charge in [-0.15, -0.1) is 0 Å². The molecule has 0 amide bonds. The largest absolute Gasteiger partial charge is 0.497 e. The average Bonchev–Trinajstić information content (AvgIpc) is 2.86. The number of hydrogen-bond donors (Lipinski definition) is 0. The lowest BCUT2D eigenvalue weighted by Gasteiger charge is -2.04. The van der Waals surface area contributed by atoms with Gasteiger partial charge in [0, 0.05) is 12.7 Å². The molecule has 0 atom stereocenters. The van der Waals surface area contributed by atoms with Gasteiger partial charge in [-0.1, -0.05) is 12.1 Å². The summed E-state index contributed by atoms with van der Waals surface area (Å²) in [6, 6.07) is 8.38. The summed E-state index contributed by atoms with van der Waals surface area (Å²) in [5, 5.41) is 3.50. The van der Waals surface area contributed by atoms with E-state index < -0.39 is 11.9 Å². The fourth-order valence-electron chi connectivity index (χ4n) is 1.67. The Morgan fingerprint density at radius 3 is 2.37 bits per heavy atom. The first-order chi connectivity index (χ1) is 8.99. The Morgan fingerprint density at radius 1 is 1.16 bits per heavy atom. The number of rotatable bonds is 4. The molecule has 0 unspecified atom stereocenters. The highest BCUT2D eigenvalue weighted by atomic mass is 19.4. The minimum absolute atomic E-state index is 0.405. The Bertz CT molecular complexity index is 532. The van der Waals surface area contributed by atoms with Crippen LogP contribution in [0, 0.1) is 0 Å². The fourth-order valence-corrected chi connectivity index (χ4v) is 1.67. The zero-order valence-electron chi connectivity index (χ0n) is 10.3. The lowest BCUT2D eigenvalue weighted by molar-refractivity contribution is -0.141. The molecule has 0 radical (unpaired) electrons. The molecule has 1 heterocycles. The number of methoxy groups -OCH3 is 1. The molecule has 0 aliphatic rings. The summed E-state index contributed by atoms with van der Waals surface area (Å²) in [7, 11) is 1.58. The first-order valence-corrected chi connectivity index (χ1v) is 5.72. The van der Waals surface area contributed by atoms with Crippen LogP contribution in [-0.2, 0) is 19.1 Å². The summed E-state index contributed by atoms with van der Waals surface area (Å²) in [6.45, 7) is 0.405. The number of alkyl halides is 3. The van der Waals surface area contributed by atoms with E-state index in [4.69, 9.17) is 4.74 Å². The van der Waals surface area contributed by atoms with E-state index >= 15 is 0 Å². The van der Waals surface area contributed by atoms with Crippen molar-refractivity contribution in [1.82, 2.24) is 9.78 Å². The second-order valence-corrected chi connectivity index (χ2v) is 4.06. The van der Waals surface area contributed by atoms with Crippen LogP contribution in [-0.4, -0.2) is 16.9 Å². The van der Waals surface area contributed by atoms with Gasteiger partial charge in [0.1, 0.15) is 5.75 Å². The van der Waals surface area contributed by atoms with Crippen LogP contribution in [0.4, 0.5) is 13.2 Å². The number of aryl methyl sites for hydroxylation is 2. The van der Waals surface area contributed by atoms with Crippen molar-refractivity contribution >= 4 is 0 Å². The third kappa shape index (κ3) is 3.49. The van der Waals surface area contributed by atoms with Crippen LogP contribution in [0.5, 0.6) is 5.75 Å². The summed E-state index contributed by atoms with van der Waals surface area (Å²) in [5.74, 6) is 0.752. The van der Waals surface area contributed by atoms with E-state index in [2.05, 4.69) is 5.10 Å². The van der Waals surface area contributed by atoms with Gasteiger partial charge in [-0.2, -0.15) is 18.3 Å². The molecule has 2 aromatic rings. The molecule has 0 aliphatic heterocycles. The van der Waals surface area contributed by atoms with Crippen LogP contribution in [0.1, 0.15) is 11.3 Å². The molecule has 0 aliphatic carbocycles. The van der Waals surface area contributed by atoms with E-state index in [-0.39, 0.29) is 0 Å². The number of benzene rings is 1. The van der Waals surface area contributed by atoms with E-state index in [0.717, 1.165) is 17.4 Å². The van der Waals surface area contributed by atoms with Gasteiger partial charge >= 0.3 is 6.18 Å². The highest BCUT2D eigenvalue weighted by Gasteiger charge is 2.33. The second kappa shape index (κ2) is 5.34. The van der Waals surface area contributed by atoms with E-state index in [1.807, 2.05) is 24.3 Å². The Morgan fingerprint density at radius 2 is 1.84 bits per heavy atom. The van der Waals surface area contributed by atoms with E-state index in [1.54, 1.807) is 7.11 Å². The Balaban J connectivity index is 1.96. The molecule has 19 heavy (non-hydrogen) atoms. The molecule has 3 nitrogen and oxygen atoms in total. The number of halogens is 3. The molecular formula is C13H13F3N2O. The predicted molar refractivity (Wildman–Crippen MR) is 63.9 cm³/mol. The molecule has 0 spiro atoms. The van der Waals surface area contributed by atoms with E-state index in [1.165, 1.54) is 10.9 Å². The van der Waals surface area contributed by atoms with Gasteiger partial charge in [-0.3, -0.25) is 4.68 Å². The maximum absolute atomic E-state index is 12.4. The van der Waals surface area contributed by atoms with Gasteiger partial charge in [0.25, 0.3) is 0 Å². The van der Waals surface area contributed by atoms with Gasteiger partial charge in [0.05, 0.1) is 7.11 Å². The molecular weight excluding hydrogens is 257 g/mol. The van der Waals surface area contributed by atoms with E-state index in [9.17, 15) is 13.2 Å². The average molecular weight is 270 g/mol. The van der Waals surface area contributed by atoms with Gasteiger partial charge in [0.15, 0.2) is 5.69 Å². The minimum atomic E-state index is -4.38. The summed E-state index contributed by atoms with van der Waals surface area (Å²) in [6.07, 6.45) is -2.43. The second-order valence-electron chi connectivity index (χ2n) is 4.06. The van der Waals surface area contributed by atoms with Crippen LogP contribution >= 0.6 is 0 Å². The van der Waals surface area contributed by atoms with Crippen molar-refractivity contribution in [3.8, 4) is 5.75 Å². The SMILES string of the molecule is COc1ccc(CCn2ccc(C(F)(F)F)n2)cc1. The quantitative estimate of drug-likeness (QED) is 0.853. The normalized spacial score (nSPS) is 11.6. The van der Waals surface area contributed by atoms with Crippen LogP contribution in [0.2, 0.25) is 0 Å². The molecule has 0 bridgehead atoms. The summed E-state index contributed by atoms with van der Waals surface area (Å²) in [4.78, 5) is 0. The first-order valence-electron chi connectivity index (χ1n) is 5.72. The Kier molecular flexibility index (Phi) is 3.78. The van der Waals surface area contributed by atoms with Crippen molar-refractivity contribution in [3.05, 3.63) is 47.8 Å². The summed E-state index contributed by atoms with van der Waals surface area (Å²) >= 11 is 0. The topological polar surface area (TPSA) is 27.1 Å². The Labute approximate surface area is 108 Å². The molecule has 0 fully saturated rings. The van der Waals surface area contributed by atoms with Gasteiger partial charge in [-0.25, -0.2) is 0 Å². The Hall–Kier alpha value is -1.98. The zero-order valence-corrected chi connectivity index (χ0v) is 10.3. The van der Waals surface area contributed by atoms with Crippen molar-refractivity contribution in [2.24, 2.45) is 0 Å². The summed E-state index contributed by atoms with van der Waals surface area (Å²) < 4.78 is 43.4. The molecule has 1 aromatic heterocycles. The minimum Gasteiger partial charge on any atom is -0.497 e. The molecule has 6 heteroatoms. The van der Waals surface area contributed by atoms with Crippen molar-refractivity contribution in [1.29, 1.82) is 0 Å². The number of hydrogen-bond acceptors (Lipinski definition) is 2.